The molecule has 3 aromatic heterocycles. The van der Waals surface area contributed by atoms with Crippen molar-refractivity contribution < 1.29 is 14.7 Å². The fraction of sp³-hybridized carbons (Fsp3) is 0.267. The van der Waals surface area contributed by atoms with Gasteiger partial charge < -0.3 is 10.4 Å². The van der Waals surface area contributed by atoms with Gasteiger partial charge in [0.15, 0.2) is 0 Å². The maximum atomic E-state index is 12.6. The van der Waals surface area contributed by atoms with E-state index in [2.05, 4.69) is 20.4 Å². The van der Waals surface area contributed by atoms with Crippen LogP contribution in [0, 0.1) is 13.8 Å². The third kappa shape index (κ3) is 2.98. The Morgan fingerprint density at radius 2 is 2.12 bits per heavy atom. The van der Waals surface area contributed by atoms with Gasteiger partial charge in [-0.3, -0.25) is 14.3 Å². The molecule has 8 nitrogen and oxygen atoms in total. The van der Waals surface area contributed by atoms with Crippen molar-refractivity contribution in [3.8, 4) is 0 Å². The van der Waals surface area contributed by atoms with Crippen LogP contribution in [0.5, 0.6) is 0 Å². The van der Waals surface area contributed by atoms with E-state index < -0.39 is 5.97 Å². The molecule has 3 aromatic rings. The van der Waals surface area contributed by atoms with Crippen molar-refractivity contribution in [1.29, 1.82) is 0 Å². The van der Waals surface area contributed by atoms with Crippen LogP contribution in [-0.4, -0.2) is 36.7 Å². The largest absolute Gasteiger partial charge is 0.481 e. The van der Waals surface area contributed by atoms with Gasteiger partial charge >= 0.3 is 5.97 Å². The number of carboxylic acid groups (broad SMARTS) is 1. The minimum absolute atomic E-state index is 0.0307. The van der Waals surface area contributed by atoms with E-state index in [-0.39, 0.29) is 18.9 Å². The van der Waals surface area contributed by atoms with E-state index in [4.69, 9.17) is 5.11 Å². The van der Waals surface area contributed by atoms with Gasteiger partial charge in [0.25, 0.3) is 5.91 Å². The molecule has 0 spiro atoms. The molecular formula is C15H15N5O3S. The third-order valence-corrected chi connectivity index (χ3v) is 4.53. The SMILES string of the molecule is Cc1nn(CCC(=O)O)c(C)c1NC(=O)c1ncnc2ccsc12. The summed E-state index contributed by atoms with van der Waals surface area (Å²) in [4.78, 5) is 31.5. The zero-order valence-corrected chi connectivity index (χ0v) is 13.9. The number of rotatable bonds is 5. The molecule has 1 amide bonds. The molecule has 0 radical (unpaired) electrons. The van der Waals surface area contributed by atoms with Gasteiger partial charge in [-0.2, -0.15) is 5.10 Å². The molecule has 0 bridgehead atoms. The summed E-state index contributed by atoms with van der Waals surface area (Å²) in [6.45, 7) is 3.80. The number of amides is 1. The number of nitrogens with one attached hydrogen (secondary N) is 1. The first-order valence-corrected chi connectivity index (χ1v) is 8.10. The number of hydrogen-bond donors (Lipinski definition) is 2. The first kappa shape index (κ1) is 16.1. The number of carboxylic acids is 1. The summed E-state index contributed by atoms with van der Waals surface area (Å²) in [5.74, 6) is -1.23. The Balaban J connectivity index is 1.87. The van der Waals surface area contributed by atoms with Crippen molar-refractivity contribution >= 4 is 39.1 Å². The molecule has 0 unspecified atom stereocenters. The highest BCUT2D eigenvalue weighted by Crippen LogP contribution is 2.24. The molecule has 2 N–H and O–H groups in total. The zero-order valence-electron chi connectivity index (χ0n) is 13.1. The van der Waals surface area contributed by atoms with Gasteiger partial charge in [0.05, 0.1) is 40.3 Å². The van der Waals surface area contributed by atoms with Crippen LogP contribution in [0.2, 0.25) is 0 Å². The first-order valence-electron chi connectivity index (χ1n) is 7.22. The summed E-state index contributed by atoms with van der Waals surface area (Å²) in [6.07, 6.45) is 1.33. The Morgan fingerprint density at radius 1 is 1.33 bits per heavy atom. The van der Waals surface area contributed by atoms with Crippen LogP contribution in [0.3, 0.4) is 0 Å². The van der Waals surface area contributed by atoms with Crippen molar-refractivity contribution in [2.24, 2.45) is 0 Å². The fourth-order valence-corrected chi connectivity index (χ4v) is 3.25. The summed E-state index contributed by atoms with van der Waals surface area (Å²) >= 11 is 1.41. The summed E-state index contributed by atoms with van der Waals surface area (Å²) in [6, 6.07) is 1.83. The smallest absolute Gasteiger partial charge is 0.305 e. The second kappa shape index (κ2) is 6.36. The maximum Gasteiger partial charge on any atom is 0.305 e. The number of thiophene rings is 1. The van der Waals surface area contributed by atoms with Gasteiger partial charge in [-0.1, -0.05) is 0 Å². The number of aromatic nitrogens is 4. The van der Waals surface area contributed by atoms with Gasteiger partial charge in [-0.25, -0.2) is 9.97 Å². The van der Waals surface area contributed by atoms with E-state index in [0.29, 0.717) is 22.8 Å². The van der Waals surface area contributed by atoms with Crippen molar-refractivity contribution in [1.82, 2.24) is 19.7 Å². The van der Waals surface area contributed by atoms with Gasteiger partial charge in [-0.05, 0) is 25.3 Å². The standard InChI is InChI=1S/C15H15N5O3S/c1-8-12(9(2)20(19-8)5-3-11(21)22)18-15(23)13-14-10(4-6-24-14)16-7-17-13/h4,6-7H,3,5H2,1-2H3,(H,18,23)(H,21,22). The van der Waals surface area contributed by atoms with Gasteiger partial charge in [0, 0.05) is 0 Å². The van der Waals surface area contributed by atoms with Crippen molar-refractivity contribution in [3.63, 3.8) is 0 Å². The molecule has 0 aromatic carbocycles. The predicted molar refractivity (Wildman–Crippen MR) is 89.3 cm³/mol. The van der Waals surface area contributed by atoms with Crippen LogP contribution < -0.4 is 5.32 Å². The van der Waals surface area contributed by atoms with Crippen LogP contribution >= 0.6 is 11.3 Å². The van der Waals surface area contributed by atoms with Gasteiger partial charge in [0.1, 0.15) is 12.0 Å². The minimum Gasteiger partial charge on any atom is -0.481 e. The molecule has 0 fully saturated rings. The predicted octanol–water partition coefficient (Wildman–Crippen LogP) is 2.23. The van der Waals surface area contributed by atoms with Crippen molar-refractivity contribution in [2.45, 2.75) is 26.8 Å². The summed E-state index contributed by atoms with van der Waals surface area (Å²) in [5.41, 5.74) is 2.95. The van der Waals surface area contributed by atoms with Crippen LogP contribution in [0.4, 0.5) is 5.69 Å². The molecular weight excluding hydrogens is 330 g/mol. The van der Waals surface area contributed by atoms with E-state index >= 15 is 0 Å². The molecule has 3 heterocycles. The van der Waals surface area contributed by atoms with E-state index in [1.54, 1.807) is 18.5 Å². The molecule has 0 aliphatic carbocycles. The van der Waals surface area contributed by atoms with Crippen molar-refractivity contribution in [3.05, 3.63) is 34.9 Å². The van der Waals surface area contributed by atoms with E-state index in [9.17, 15) is 9.59 Å². The molecule has 24 heavy (non-hydrogen) atoms. The fourth-order valence-electron chi connectivity index (χ4n) is 2.42. The first-order chi connectivity index (χ1) is 11.5. The number of nitrogens with zero attached hydrogens (tertiary/aromatic N) is 4. The summed E-state index contributed by atoms with van der Waals surface area (Å²) in [5, 5.41) is 17.8. The average Bonchev–Trinajstić information content (AvgIpc) is 3.12. The highest BCUT2D eigenvalue weighted by Gasteiger charge is 2.18. The molecule has 0 aliphatic rings. The molecule has 0 saturated carbocycles. The molecule has 0 aliphatic heterocycles. The van der Waals surface area contributed by atoms with E-state index in [1.165, 1.54) is 17.7 Å². The number of fused-ring (bicyclic) bond motifs is 1. The van der Waals surface area contributed by atoms with Crippen LogP contribution in [0.25, 0.3) is 10.2 Å². The second-order valence-corrected chi connectivity index (χ2v) is 6.14. The highest BCUT2D eigenvalue weighted by atomic mass is 32.1. The number of aliphatic carboxylic acids is 1. The third-order valence-electron chi connectivity index (χ3n) is 3.62. The molecule has 0 saturated heterocycles. The Morgan fingerprint density at radius 3 is 2.88 bits per heavy atom. The lowest BCUT2D eigenvalue weighted by Crippen LogP contribution is -2.15. The number of hydrogen-bond acceptors (Lipinski definition) is 6. The number of carbonyl (C=O) groups is 2. The summed E-state index contributed by atoms with van der Waals surface area (Å²) < 4.78 is 2.31. The lowest BCUT2D eigenvalue weighted by atomic mass is 10.2. The molecule has 3 rings (SSSR count). The normalized spacial score (nSPS) is 10.9. The van der Waals surface area contributed by atoms with Crippen LogP contribution in [-0.2, 0) is 11.3 Å². The molecule has 9 heteroatoms. The number of carbonyl (C=O) groups excluding carboxylic acids is 1. The van der Waals surface area contributed by atoms with E-state index in [1.807, 2.05) is 11.4 Å². The maximum absolute atomic E-state index is 12.6. The Kier molecular flexibility index (Phi) is 4.26. The zero-order chi connectivity index (χ0) is 17.3. The number of aryl methyl sites for hydroxylation is 2. The summed E-state index contributed by atoms with van der Waals surface area (Å²) in [7, 11) is 0. The Hall–Kier alpha value is -2.81. The Bertz CT molecular complexity index is 930. The topological polar surface area (TPSA) is 110 Å². The lowest BCUT2D eigenvalue weighted by Gasteiger charge is -2.06. The number of anilines is 1. The van der Waals surface area contributed by atoms with Gasteiger partial charge in [-0.15, -0.1) is 11.3 Å². The lowest BCUT2D eigenvalue weighted by molar-refractivity contribution is -0.137. The average molecular weight is 345 g/mol. The minimum atomic E-state index is -0.894. The van der Waals surface area contributed by atoms with Gasteiger partial charge in [0.2, 0.25) is 0 Å². The van der Waals surface area contributed by atoms with Crippen LogP contribution in [0.1, 0.15) is 28.3 Å². The molecule has 0 atom stereocenters. The second-order valence-electron chi connectivity index (χ2n) is 5.22. The van der Waals surface area contributed by atoms with Crippen molar-refractivity contribution in [2.75, 3.05) is 5.32 Å². The monoisotopic (exact) mass is 345 g/mol. The quantitative estimate of drug-likeness (QED) is 0.734. The highest BCUT2D eigenvalue weighted by molar-refractivity contribution is 7.17. The van der Waals surface area contributed by atoms with E-state index in [0.717, 1.165) is 10.2 Å². The Labute approximate surface area is 141 Å². The molecule has 124 valence electrons. The van der Waals surface area contributed by atoms with Crippen LogP contribution in [0.15, 0.2) is 17.8 Å².